The third-order valence-electron chi connectivity index (χ3n) is 3.55. The minimum Gasteiger partial charge on any atom is -0.366 e. The van der Waals surface area contributed by atoms with Crippen molar-refractivity contribution in [2.45, 2.75) is 17.4 Å². The molecule has 0 amide bonds. The van der Waals surface area contributed by atoms with Crippen LogP contribution in [0.5, 0.6) is 0 Å². The molecule has 3 nitrogen and oxygen atoms in total. The smallest absolute Gasteiger partial charge is 0.178 e. The fourth-order valence-electron chi connectivity index (χ4n) is 2.62. The maximum atomic E-state index is 13.1. The van der Waals surface area contributed by atoms with Gasteiger partial charge < -0.3 is 10.0 Å². The van der Waals surface area contributed by atoms with Crippen molar-refractivity contribution in [3.8, 4) is 0 Å². The lowest BCUT2D eigenvalue weighted by molar-refractivity contribution is -0.0662. The van der Waals surface area contributed by atoms with Crippen molar-refractivity contribution in [2.75, 3.05) is 19.0 Å². The van der Waals surface area contributed by atoms with E-state index in [4.69, 9.17) is 11.6 Å². The number of nitrogens with zero attached hydrogens (tertiary/aromatic N) is 2. The van der Waals surface area contributed by atoms with E-state index in [9.17, 15) is 9.50 Å². The fourth-order valence-corrected chi connectivity index (χ4v) is 4.41. The van der Waals surface area contributed by atoms with Crippen LogP contribution in [0.1, 0.15) is 12.0 Å². The van der Waals surface area contributed by atoms with Gasteiger partial charge in [-0.2, -0.15) is 0 Å². The zero-order valence-corrected chi connectivity index (χ0v) is 11.8. The number of aliphatic imine (C=N–C) groups is 1. The number of rotatable bonds is 3. The molecule has 0 radical (unpaired) electrons. The van der Waals surface area contributed by atoms with E-state index < -0.39 is 5.72 Å². The standard InChI is InChI=1S/C13H14ClFN2OS/c14-6-5-11-13(18,9-1-3-10(15)4-2-9)17-8-7-16-12(17)19-11/h1-4,11,18H,5-8H2. The molecule has 2 unspecified atom stereocenters. The van der Waals surface area contributed by atoms with Crippen LogP contribution in [-0.4, -0.2) is 39.4 Å². The summed E-state index contributed by atoms with van der Waals surface area (Å²) in [6.07, 6.45) is 0.676. The van der Waals surface area contributed by atoms with E-state index in [0.717, 1.165) is 5.17 Å². The van der Waals surface area contributed by atoms with Crippen molar-refractivity contribution in [3.05, 3.63) is 35.6 Å². The van der Waals surface area contributed by atoms with E-state index in [2.05, 4.69) is 4.99 Å². The van der Waals surface area contributed by atoms with Crippen LogP contribution in [0.25, 0.3) is 0 Å². The van der Waals surface area contributed by atoms with Gasteiger partial charge in [0.1, 0.15) is 5.82 Å². The highest BCUT2D eigenvalue weighted by Gasteiger charge is 2.53. The molecular weight excluding hydrogens is 287 g/mol. The lowest BCUT2D eigenvalue weighted by Gasteiger charge is -2.36. The normalized spacial score (nSPS) is 29.5. The first-order valence-electron chi connectivity index (χ1n) is 6.19. The Morgan fingerprint density at radius 3 is 2.89 bits per heavy atom. The fraction of sp³-hybridized carbons (Fsp3) is 0.462. The highest BCUT2D eigenvalue weighted by molar-refractivity contribution is 8.14. The van der Waals surface area contributed by atoms with Gasteiger partial charge in [0.2, 0.25) is 0 Å². The topological polar surface area (TPSA) is 35.8 Å². The van der Waals surface area contributed by atoms with E-state index in [1.54, 1.807) is 23.9 Å². The monoisotopic (exact) mass is 300 g/mol. The Kier molecular flexibility index (Phi) is 3.45. The molecule has 2 atom stereocenters. The van der Waals surface area contributed by atoms with Crippen molar-refractivity contribution < 1.29 is 9.50 Å². The summed E-state index contributed by atoms with van der Waals surface area (Å²) in [5.74, 6) is 0.171. The van der Waals surface area contributed by atoms with Gasteiger partial charge in [0.05, 0.1) is 11.8 Å². The molecule has 1 aromatic carbocycles. The number of halogens is 2. The van der Waals surface area contributed by atoms with Crippen LogP contribution in [0.4, 0.5) is 4.39 Å². The van der Waals surface area contributed by atoms with Gasteiger partial charge in [-0.05, 0) is 18.6 Å². The SMILES string of the molecule is OC1(c2ccc(F)cc2)C(CCCl)SC2=NCCN21. The van der Waals surface area contributed by atoms with Gasteiger partial charge in [0, 0.05) is 18.0 Å². The summed E-state index contributed by atoms with van der Waals surface area (Å²) in [6, 6.07) is 6.03. The predicted molar refractivity (Wildman–Crippen MR) is 76.0 cm³/mol. The lowest BCUT2D eigenvalue weighted by atomic mass is 9.96. The minimum atomic E-state index is -1.14. The third kappa shape index (κ3) is 2.04. The van der Waals surface area contributed by atoms with Crippen LogP contribution in [0.3, 0.4) is 0 Å². The molecule has 1 fully saturated rings. The lowest BCUT2D eigenvalue weighted by Crippen LogP contribution is -2.48. The Bertz CT molecular complexity index is 510. The zero-order chi connectivity index (χ0) is 13.5. The number of thioether (sulfide) groups is 1. The Balaban J connectivity index is 2.02. The maximum absolute atomic E-state index is 13.1. The first-order valence-corrected chi connectivity index (χ1v) is 7.61. The molecule has 0 spiro atoms. The Morgan fingerprint density at radius 1 is 1.47 bits per heavy atom. The molecule has 2 aliphatic rings. The molecule has 3 rings (SSSR count). The number of hydrogen-bond donors (Lipinski definition) is 1. The second-order valence-electron chi connectivity index (χ2n) is 4.63. The van der Waals surface area contributed by atoms with Crippen molar-refractivity contribution in [1.29, 1.82) is 0 Å². The number of aliphatic hydroxyl groups is 1. The summed E-state index contributed by atoms with van der Waals surface area (Å²) >= 11 is 7.39. The van der Waals surface area contributed by atoms with Crippen LogP contribution in [0, 0.1) is 5.82 Å². The molecule has 19 heavy (non-hydrogen) atoms. The summed E-state index contributed by atoms with van der Waals surface area (Å²) in [4.78, 5) is 6.30. The Hall–Kier alpha value is -0.780. The first kappa shape index (κ1) is 13.2. The largest absolute Gasteiger partial charge is 0.366 e. The molecule has 0 saturated carbocycles. The van der Waals surface area contributed by atoms with Gasteiger partial charge in [-0.3, -0.25) is 4.99 Å². The molecule has 1 aromatic rings. The van der Waals surface area contributed by atoms with Crippen LogP contribution in [0.2, 0.25) is 0 Å². The van der Waals surface area contributed by atoms with Crippen molar-refractivity contribution >= 4 is 28.5 Å². The van der Waals surface area contributed by atoms with Gasteiger partial charge in [-0.15, -0.1) is 11.6 Å². The van der Waals surface area contributed by atoms with Crippen molar-refractivity contribution in [3.63, 3.8) is 0 Å². The number of amidine groups is 1. The summed E-state index contributed by atoms with van der Waals surface area (Å²) < 4.78 is 13.1. The number of benzene rings is 1. The van der Waals surface area contributed by atoms with E-state index in [-0.39, 0.29) is 11.1 Å². The Morgan fingerprint density at radius 2 is 2.21 bits per heavy atom. The van der Waals surface area contributed by atoms with Crippen molar-refractivity contribution in [2.24, 2.45) is 4.99 Å². The summed E-state index contributed by atoms with van der Waals surface area (Å²) in [5, 5.41) is 11.9. The molecule has 6 heteroatoms. The quantitative estimate of drug-likeness (QED) is 0.871. The van der Waals surface area contributed by atoms with E-state index in [0.29, 0.717) is 31.0 Å². The van der Waals surface area contributed by atoms with Gasteiger partial charge >= 0.3 is 0 Å². The minimum absolute atomic E-state index is 0.0745. The molecule has 1 N–H and O–H groups in total. The van der Waals surface area contributed by atoms with Crippen LogP contribution in [0.15, 0.2) is 29.3 Å². The molecule has 0 aliphatic carbocycles. The molecule has 1 saturated heterocycles. The van der Waals surface area contributed by atoms with Gasteiger partial charge in [0.25, 0.3) is 0 Å². The Labute approximate surface area is 120 Å². The van der Waals surface area contributed by atoms with Crippen molar-refractivity contribution in [1.82, 2.24) is 4.90 Å². The van der Waals surface area contributed by atoms with E-state index >= 15 is 0 Å². The summed E-state index contributed by atoms with van der Waals surface area (Å²) in [6.45, 7) is 1.38. The second-order valence-corrected chi connectivity index (χ2v) is 6.18. The molecule has 2 aliphatic heterocycles. The third-order valence-corrected chi connectivity index (χ3v) is 5.18. The number of fused-ring (bicyclic) bond motifs is 1. The summed E-state index contributed by atoms with van der Waals surface area (Å²) in [5.41, 5.74) is -0.439. The highest BCUT2D eigenvalue weighted by atomic mass is 35.5. The molecule has 102 valence electrons. The molecular formula is C13H14ClFN2OS. The highest BCUT2D eigenvalue weighted by Crippen LogP contribution is 2.47. The number of alkyl halides is 1. The van der Waals surface area contributed by atoms with E-state index in [1.165, 1.54) is 12.1 Å². The zero-order valence-electron chi connectivity index (χ0n) is 10.2. The molecule has 2 heterocycles. The van der Waals surface area contributed by atoms with Crippen LogP contribution < -0.4 is 0 Å². The van der Waals surface area contributed by atoms with E-state index in [1.807, 2.05) is 4.90 Å². The van der Waals surface area contributed by atoms with Crippen LogP contribution in [-0.2, 0) is 5.72 Å². The molecule has 0 bridgehead atoms. The van der Waals surface area contributed by atoms with Crippen LogP contribution >= 0.6 is 23.4 Å². The summed E-state index contributed by atoms with van der Waals surface area (Å²) in [7, 11) is 0. The van der Waals surface area contributed by atoms with Gasteiger partial charge in [0.15, 0.2) is 10.9 Å². The second kappa shape index (κ2) is 4.96. The first-order chi connectivity index (χ1) is 9.16. The van der Waals surface area contributed by atoms with Gasteiger partial charge in [-0.1, -0.05) is 23.9 Å². The maximum Gasteiger partial charge on any atom is 0.178 e. The molecule has 0 aromatic heterocycles. The average Bonchev–Trinajstić information content (AvgIpc) is 2.95. The number of hydrogen-bond acceptors (Lipinski definition) is 4. The predicted octanol–water partition coefficient (Wildman–Crippen LogP) is 2.39. The average molecular weight is 301 g/mol. The van der Waals surface area contributed by atoms with Gasteiger partial charge in [-0.25, -0.2) is 4.39 Å².